The zero-order chi connectivity index (χ0) is 18.9. The fraction of sp³-hybridized carbons (Fsp3) is 0.421. The Balaban J connectivity index is 1.87. The van der Waals surface area contributed by atoms with Gasteiger partial charge in [-0.15, -0.1) is 0 Å². The summed E-state index contributed by atoms with van der Waals surface area (Å²) in [6, 6.07) is 9.15. The summed E-state index contributed by atoms with van der Waals surface area (Å²) in [6.45, 7) is 6.76. The minimum atomic E-state index is -0.192. The highest BCUT2D eigenvalue weighted by Crippen LogP contribution is 2.16. The van der Waals surface area contributed by atoms with E-state index < -0.39 is 0 Å². The van der Waals surface area contributed by atoms with Gasteiger partial charge in [-0.1, -0.05) is 6.92 Å². The number of aromatic nitrogens is 2. The number of rotatable bonds is 9. The summed E-state index contributed by atoms with van der Waals surface area (Å²) in [7, 11) is 1.63. The van der Waals surface area contributed by atoms with Crippen LogP contribution in [0, 0.1) is 6.92 Å². The standard InChI is InChI=1S/C19H26N4O3/c1-5-13(2)21-19(24)17-12-18(23-14(3)22-17)20-10-11-26-16-8-6-15(25-4)7-9-16/h6-9,12-13H,5,10-11H2,1-4H3,(H,21,24)(H,20,22,23). The Bertz CT molecular complexity index is 719. The van der Waals surface area contributed by atoms with Crippen molar-refractivity contribution in [2.24, 2.45) is 0 Å². The van der Waals surface area contributed by atoms with Crippen LogP contribution in [0.5, 0.6) is 11.5 Å². The number of aryl methyl sites for hydroxylation is 1. The molecule has 0 fully saturated rings. The third-order valence-electron chi connectivity index (χ3n) is 3.80. The first-order valence-corrected chi connectivity index (χ1v) is 8.69. The summed E-state index contributed by atoms with van der Waals surface area (Å²) in [4.78, 5) is 20.7. The van der Waals surface area contributed by atoms with Crippen LogP contribution in [0.15, 0.2) is 30.3 Å². The van der Waals surface area contributed by atoms with E-state index in [1.807, 2.05) is 38.1 Å². The van der Waals surface area contributed by atoms with Gasteiger partial charge in [-0.3, -0.25) is 4.79 Å². The number of carbonyl (C=O) groups excluding carboxylic acids is 1. The zero-order valence-corrected chi connectivity index (χ0v) is 15.7. The molecule has 0 radical (unpaired) electrons. The fourth-order valence-corrected chi connectivity index (χ4v) is 2.19. The maximum atomic E-state index is 12.2. The summed E-state index contributed by atoms with van der Waals surface area (Å²) in [6.07, 6.45) is 0.865. The van der Waals surface area contributed by atoms with Gasteiger partial charge in [0, 0.05) is 12.1 Å². The first-order valence-electron chi connectivity index (χ1n) is 8.69. The monoisotopic (exact) mass is 358 g/mol. The molecule has 0 bridgehead atoms. The molecule has 0 aliphatic rings. The number of benzene rings is 1. The number of amides is 1. The number of nitrogens with zero attached hydrogens (tertiary/aromatic N) is 2. The van der Waals surface area contributed by atoms with Crippen LogP contribution >= 0.6 is 0 Å². The molecule has 0 aliphatic heterocycles. The number of nitrogens with one attached hydrogen (secondary N) is 2. The lowest BCUT2D eigenvalue weighted by atomic mass is 10.2. The first kappa shape index (κ1) is 19.5. The van der Waals surface area contributed by atoms with Crippen molar-refractivity contribution in [3.05, 3.63) is 41.9 Å². The van der Waals surface area contributed by atoms with Gasteiger partial charge >= 0.3 is 0 Å². The lowest BCUT2D eigenvalue weighted by molar-refractivity contribution is 0.0934. The lowest BCUT2D eigenvalue weighted by Gasteiger charge is -2.12. The van der Waals surface area contributed by atoms with Crippen LogP contribution in [0.2, 0.25) is 0 Å². The molecule has 0 aliphatic carbocycles. The van der Waals surface area contributed by atoms with Crippen molar-refractivity contribution in [2.45, 2.75) is 33.2 Å². The Morgan fingerprint density at radius 2 is 1.88 bits per heavy atom. The molecule has 2 aromatic rings. The number of hydrogen-bond donors (Lipinski definition) is 2. The zero-order valence-electron chi connectivity index (χ0n) is 15.7. The van der Waals surface area contributed by atoms with Crippen molar-refractivity contribution >= 4 is 11.7 Å². The van der Waals surface area contributed by atoms with Crippen LogP contribution in [0.25, 0.3) is 0 Å². The summed E-state index contributed by atoms with van der Waals surface area (Å²) < 4.78 is 10.8. The molecule has 2 N–H and O–H groups in total. The third kappa shape index (κ3) is 5.91. The van der Waals surface area contributed by atoms with E-state index in [4.69, 9.17) is 9.47 Å². The smallest absolute Gasteiger partial charge is 0.270 e. The van der Waals surface area contributed by atoms with Crippen LogP contribution in [0.4, 0.5) is 5.82 Å². The Morgan fingerprint density at radius 1 is 1.19 bits per heavy atom. The number of methoxy groups -OCH3 is 1. The second-order valence-corrected chi connectivity index (χ2v) is 5.92. The summed E-state index contributed by atoms with van der Waals surface area (Å²) in [5.74, 6) is 2.50. The van der Waals surface area contributed by atoms with Gasteiger partial charge < -0.3 is 20.1 Å². The van der Waals surface area contributed by atoms with Gasteiger partial charge in [0.25, 0.3) is 5.91 Å². The molecule has 0 spiro atoms. The van der Waals surface area contributed by atoms with E-state index in [1.54, 1.807) is 20.1 Å². The van der Waals surface area contributed by atoms with E-state index in [1.165, 1.54) is 0 Å². The van der Waals surface area contributed by atoms with Gasteiger partial charge in [-0.2, -0.15) is 0 Å². The number of carbonyl (C=O) groups is 1. The predicted octanol–water partition coefficient (Wildman–Crippen LogP) is 2.81. The molecule has 7 heteroatoms. The Labute approximate surface area is 154 Å². The Kier molecular flexibility index (Phi) is 7.20. The molecule has 1 aromatic carbocycles. The second-order valence-electron chi connectivity index (χ2n) is 5.92. The molecule has 2 rings (SSSR count). The summed E-state index contributed by atoms with van der Waals surface area (Å²) in [5.41, 5.74) is 0.358. The normalized spacial score (nSPS) is 11.5. The van der Waals surface area contributed by atoms with Gasteiger partial charge in [-0.25, -0.2) is 9.97 Å². The molecule has 1 unspecified atom stereocenters. The van der Waals surface area contributed by atoms with E-state index in [-0.39, 0.29) is 11.9 Å². The van der Waals surface area contributed by atoms with Crippen LogP contribution in [0.3, 0.4) is 0 Å². The van der Waals surface area contributed by atoms with Crippen LogP contribution in [0.1, 0.15) is 36.6 Å². The number of ether oxygens (including phenoxy) is 2. The van der Waals surface area contributed by atoms with Crippen LogP contribution in [-0.4, -0.2) is 42.2 Å². The van der Waals surface area contributed by atoms with Gasteiger partial charge in [0.2, 0.25) is 0 Å². The Morgan fingerprint density at radius 3 is 2.54 bits per heavy atom. The third-order valence-corrected chi connectivity index (χ3v) is 3.80. The van der Waals surface area contributed by atoms with Crippen molar-refractivity contribution in [1.29, 1.82) is 0 Å². The highest BCUT2D eigenvalue weighted by molar-refractivity contribution is 5.93. The fourth-order valence-electron chi connectivity index (χ4n) is 2.19. The summed E-state index contributed by atoms with van der Waals surface area (Å²) in [5, 5.41) is 6.07. The SMILES string of the molecule is CCC(C)NC(=O)c1cc(NCCOc2ccc(OC)cc2)nc(C)n1. The predicted molar refractivity (Wildman–Crippen MR) is 101 cm³/mol. The molecule has 1 amide bonds. The van der Waals surface area contributed by atoms with Crippen molar-refractivity contribution in [2.75, 3.05) is 25.6 Å². The molecular weight excluding hydrogens is 332 g/mol. The molecule has 7 nitrogen and oxygen atoms in total. The quantitative estimate of drug-likeness (QED) is 0.671. The van der Waals surface area contributed by atoms with E-state index in [0.29, 0.717) is 30.5 Å². The summed E-state index contributed by atoms with van der Waals surface area (Å²) >= 11 is 0. The molecule has 1 aromatic heterocycles. The number of anilines is 1. The minimum absolute atomic E-state index is 0.104. The molecule has 1 heterocycles. The molecule has 1 atom stereocenters. The number of hydrogen-bond acceptors (Lipinski definition) is 6. The highest BCUT2D eigenvalue weighted by Gasteiger charge is 2.12. The second kappa shape index (κ2) is 9.60. The minimum Gasteiger partial charge on any atom is -0.497 e. The van der Waals surface area contributed by atoms with Gasteiger partial charge in [-0.05, 0) is 44.5 Å². The van der Waals surface area contributed by atoms with E-state index in [0.717, 1.165) is 17.9 Å². The average Bonchev–Trinajstić information content (AvgIpc) is 2.65. The van der Waals surface area contributed by atoms with Gasteiger partial charge in [0.1, 0.15) is 35.4 Å². The van der Waals surface area contributed by atoms with Crippen molar-refractivity contribution in [3.8, 4) is 11.5 Å². The average molecular weight is 358 g/mol. The van der Waals surface area contributed by atoms with Crippen molar-refractivity contribution in [1.82, 2.24) is 15.3 Å². The van der Waals surface area contributed by atoms with Gasteiger partial charge in [0.05, 0.1) is 13.7 Å². The van der Waals surface area contributed by atoms with Crippen molar-refractivity contribution < 1.29 is 14.3 Å². The lowest BCUT2D eigenvalue weighted by Crippen LogP contribution is -2.32. The maximum Gasteiger partial charge on any atom is 0.270 e. The van der Waals surface area contributed by atoms with Crippen molar-refractivity contribution in [3.63, 3.8) is 0 Å². The molecule has 0 saturated heterocycles. The first-order chi connectivity index (χ1) is 12.5. The molecular formula is C19H26N4O3. The molecule has 140 valence electrons. The van der Waals surface area contributed by atoms with E-state index >= 15 is 0 Å². The van der Waals surface area contributed by atoms with Gasteiger partial charge in [0.15, 0.2) is 0 Å². The Hall–Kier alpha value is -2.83. The molecule has 26 heavy (non-hydrogen) atoms. The van der Waals surface area contributed by atoms with Crippen LogP contribution < -0.4 is 20.1 Å². The highest BCUT2D eigenvalue weighted by atomic mass is 16.5. The largest absolute Gasteiger partial charge is 0.497 e. The van der Waals surface area contributed by atoms with Crippen LogP contribution in [-0.2, 0) is 0 Å². The topological polar surface area (TPSA) is 85.4 Å². The molecule has 0 saturated carbocycles. The maximum absolute atomic E-state index is 12.2. The van der Waals surface area contributed by atoms with E-state index in [2.05, 4.69) is 20.6 Å². The van der Waals surface area contributed by atoms with E-state index in [9.17, 15) is 4.79 Å².